The lowest BCUT2D eigenvalue weighted by Crippen LogP contribution is -1.97. The largest absolute Gasteiger partial charge is 0.237 e. The van der Waals surface area contributed by atoms with Crippen LogP contribution in [0.1, 0.15) is 11.4 Å². The van der Waals surface area contributed by atoms with Crippen LogP contribution in [-0.4, -0.2) is 19.7 Å². The van der Waals surface area contributed by atoms with Crippen LogP contribution in [-0.2, 0) is 0 Å². The van der Waals surface area contributed by atoms with E-state index in [1.165, 1.54) is 0 Å². The van der Waals surface area contributed by atoms with E-state index in [4.69, 9.17) is 0 Å². The fourth-order valence-corrected chi connectivity index (χ4v) is 1.05. The van der Waals surface area contributed by atoms with E-state index >= 15 is 0 Å². The lowest BCUT2D eigenvalue weighted by Gasteiger charge is -1.98. The summed E-state index contributed by atoms with van der Waals surface area (Å²) in [4.78, 5) is 8.25. The summed E-state index contributed by atoms with van der Waals surface area (Å²) in [7, 11) is 0. The Bertz CT molecular complexity index is 402. The van der Waals surface area contributed by atoms with Gasteiger partial charge in [0, 0.05) is 6.20 Å². The van der Waals surface area contributed by atoms with E-state index in [0.29, 0.717) is 0 Å². The van der Waals surface area contributed by atoms with Crippen LogP contribution in [0.3, 0.4) is 0 Å². The number of aryl methyl sites for hydroxylation is 2. The van der Waals surface area contributed by atoms with E-state index in [-0.39, 0.29) is 0 Å². The van der Waals surface area contributed by atoms with Crippen LogP contribution in [0.5, 0.6) is 0 Å². The standard InChI is InChI=1S/C9H10N4/c1-7-3-4-9(10-5-7)13-6-11-8(2)12-13/h3-6H,1-2H3. The normalized spacial score (nSPS) is 10.3. The molecular formula is C9H10N4. The predicted octanol–water partition coefficient (Wildman–Crippen LogP) is 1.28. The monoisotopic (exact) mass is 174 g/mol. The van der Waals surface area contributed by atoms with Crippen LogP contribution < -0.4 is 0 Å². The van der Waals surface area contributed by atoms with E-state index in [9.17, 15) is 0 Å². The maximum atomic E-state index is 4.22. The maximum absolute atomic E-state index is 4.22. The summed E-state index contributed by atoms with van der Waals surface area (Å²) < 4.78 is 1.66. The molecule has 0 atom stereocenters. The van der Waals surface area contributed by atoms with Gasteiger partial charge in [0.15, 0.2) is 5.82 Å². The van der Waals surface area contributed by atoms with Gasteiger partial charge < -0.3 is 0 Å². The Morgan fingerprint density at radius 2 is 2.00 bits per heavy atom. The van der Waals surface area contributed by atoms with Gasteiger partial charge in [-0.05, 0) is 25.5 Å². The van der Waals surface area contributed by atoms with E-state index < -0.39 is 0 Å². The fourth-order valence-electron chi connectivity index (χ4n) is 1.05. The number of nitrogens with zero attached hydrogens (tertiary/aromatic N) is 4. The zero-order valence-electron chi connectivity index (χ0n) is 7.60. The minimum atomic E-state index is 0.752. The van der Waals surface area contributed by atoms with Crippen LogP contribution in [0.25, 0.3) is 5.82 Å². The Balaban J connectivity index is 2.41. The summed E-state index contributed by atoms with van der Waals surface area (Å²) in [5.41, 5.74) is 1.14. The molecule has 0 N–H and O–H groups in total. The number of rotatable bonds is 1. The number of hydrogen-bond donors (Lipinski definition) is 0. The molecule has 0 fully saturated rings. The molecule has 0 aliphatic carbocycles. The topological polar surface area (TPSA) is 43.6 Å². The van der Waals surface area contributed by atoms with Crippen LogP contribution in [0, 0.1) is 13.8 Å². The average molecular weight is 174 g/mol. The molecule has 0 aromatic carbocycles. The van der Waals surface area contributed by atoms with Gasteiger partial charge in [-0.2, -0.15) is 5.10 Å². The van der Waals surface area contributed by atoms with E-state index in [0.717, 1.165) is 17.2 Å². The minimum Gasteiger partial charge on any atom is -0.237 e. The number of hydrogen-bond acceptors (Lipinski definition) is 3. The first kappa shape index (κ1) is 7.91. The van der Waals surface area contributed by atoms with Crippen molar-refractivity contribution in [1.29, 1.82) is 0 Å². The molecule has 4 heteroatoms. The molecule has 13 heavy (non-hydrogen) atoms. The van der Waals surface area contributed by atoms with Crippen molar-refractivity contribution >= 4 is 0 Å². The van der Waals surface area contributed by atoms with Crippen molar-refractivity contribution in [2.75, 3.05) is 0 Å². The Morgan fingerprint density at radius 3 is 2.54 bits per heavy atom. The highest BCUT2D eigenvalue weighted by atomic mass is 15.4. The SMILES string of the molecule is Cc1ccc(-n2cnc(C)n2)nc1. The third-order valence-corrected chi connectivity index (χ3v) is 1.74. The molecule has 0 bridgehead atoms. The predicted molar refractivity (Wildman–Crippen MR) is 48.6 cm³/mol. The highest BCUT2D eigenvalue weighted by Crippen LogP contribution is 2.02. The molecule has 0 aliphatic heterocycles. The van der Waals surface area contributed by atoms with Crippen molar-refractivity contribution in [2.24, 2.45) is 0 Å². The van der Waals surface area contributed by atoms with E-state index in [1.54, 1.807) is 11.0 Å². The Morgan fingerprint density at radius 1 is 1.15 bits per heavy atom. The van der Waals surface area contributed by atoms with Gasteiger partial charge in [0.1, 0.15) is 12.2 Å². The third kappa shape index (κ3) is 1.56. The second-order valence-electron chi connectivity index (χ2n) is 2.93. The Labute approximate surface area is 76.3 Å². The second kappa shape index (κ2) is 2.97. The Hall–Kier alpha value is -1.71. The molecule has 0 unspecified atom stereocenters. The molecule has 0 spiro atoms. The summed E-state index contributed by atoms with van der Waals surface area (Å²) in [6.07, 6.45) is 3.47. The van der Waals surface area contributed by atoms with Gasteiger partial charge in [0.25, 0.3) is 0 Å². The van der Waals surface area contributed by atoms with Crippen molar-refractivity contribution in [3.63, 3.8) is 0 Å². The maximum Gasteiger partial charge on any atom is 0.155 e. The molecule has 2 aromatic rings. The molecule has 66 valence electrons. The first-order valence-electron chi connectivity index (χ1n) is 4.07. The van der Waals surface area contributed by atoms with Gasteiger partial charge >= 0.3 is 0 Å². The zero-order valence-corrected chi connectivity index (χ0v) is 7.60. The quantitative estimate of drug-likeness (QED) is 0.654. The molecule has 2 aromatic heterocycles. The smallest absolute Gasteiger partial charge is 0.155 e. The molecule has 0 saturated carbocycles. The lowest BCUT2D eigenvalue weighted by molar-refractivity contribution is 0.831. The van der Waals surface area contributed by atoms with Crippen LogP contribution in [0.15, 0.2) is 24.7 Å². The van der Waals surface area contributed by atoms with Crippen molar-refractivity contribution in [3.8, 4) is 5.82 Å². The van der Waals surface area contributed by atoms with E-state index in [2.05, 4.69) is 15.1 Å². The molecule has 0 amide bonds. The summed E-state index contributed by atoms with van der Waals surface area (Å²) in [5, 5.41) is 4.15. The molecule has 0 radical (unpaired) electrons. The molecule has 0 aliphatic rings. The summed E-state index contributed by atoms with van der Waals surface area (Å²) in [6.45, 7) is 3.86. The van der Waals surface area contributed by atoms with Crippen molar-refractivity contribution < 1.29 is 0 Å². The second-order valence-corrected chi connectivity index (χ2v) is 2.93. The summed E-state index contributed by atoms with van der Waals surface area (Å²) >= 11 is 0. The number of pyridine rings is 1. The zero-order chi connectivity index (χ0) is 9.26. The first-order valence-corrected chi connectivity index (χ1v) is 4.07. The average Bonchev–Trinajstić information content (AvgIpc) is 2.53. The highest BCUT2D eigenvalue weighted by molar-refractivity contribution is 5.22. The van der Waals surface area contributed by atoms with Gasteiger partial charge in [-0.1, -0.05) is 6.07 Å². The van der Waals surface area contributed by atoms with Gasteiger partial charge in [-0.25, -0.2) is 14.6 Å². The third-order valence-electron chi connectivity index (χ3n) is 1.74. The molecule has 4 nitrogen and oxygen atoms in total. The number of aromatic nitrogens is 4. The highest BCUT2D eigenvalue weighted by Gasteiger charge is 1.98. The summed E-state index contributed by atoms with van der Waals surface area (Å²) in [6, 6.07) is 3.92. The van der Waals surface area contributed by atoms with Gasteiger partial charge in [-0.3, -0.25) is 0 Å². The van der Waals surface area contributed by atoms with Gasteiger partial charge in [0.05, 0.1) is 0 Å². The van der Waals surface area contributed by atoms with Crippen molar-refractivity contribution in [3.05, 3.63) is 36.0 Å². The van der Waals surface area contributed by atoms with Gasteiger partial charge in [-0.15, -0.1) is 0 Å². The van der Waals surface area contributed by atoms with Gasteiger partial charge in [0.2, 0.25) is 0 Å². The molecule has 2 heterocycles. The fraction of sp³-hybridized carbons (Fsp3) is 0.222. The van der Waals surface area contributed by atoms with E-state index in [1.807, 2.05) is 32.2 Å². The summed E-state index contributed by atoms with van der Waals surface area (Å²) in [5.74, 6) is 1.55. The first-order chi connectivity index (χ1) is 6.25. The van der Waals surface area contributed by atoms with Crippen molar-refractivity contribution in [2.45, 2.75) is 13.8 Å². The van der Waals surface area contributed by atoms with Crippen LogP contribution in [0.4, 0.5) is 0 Å². The molecule has 2 rings (SSSR count). The van der Waals surface area contributed by atoms with Crippen molar-refractivity contribution in [1.82, 2.24) is 19.7 Å². The lowest BCUT2D eigenvalue weighted by atomic mass is 10.3. The van der Waals surface area contributed by atoms with Crippen LogP contribution in [0.2, 0.25) is 0 Å². The minimum absolute atomic E-state index is 0.752. The Kier molecular flexibility index (Phi) is 1.81. The molecule has 0 saturated heterocycles. The molecular weight excluding hydrogens is 164 g/mol. The van der Waals surface area contributed by atoms with Crippen LogP contribution >= 0.6 is 0 Å².